The highest BCUT2D eigenvalue weighted by molar-refractivity contribution is 5.95. The molecule has 0 spiro atoms. The van der Waals surface area contributed by atoms with Crippen LogP contribution in [0.5, 0.6) is 17.2 Å². The van der Waals surface area contributed by atoms with Gasteiger partial charge in [0.25, 0.3) is 5.91 Å². The summed E-state index contributed by atoms with van der Waals surface area (Å²) in [5.41, 5.74) is -0.0295. The fraction of sp³-hybridized carbons (Fsp3) is 0.500. The zero-order valence-corrected chi connectivity index (χ0v) is 21.1. The Kier molecular flexibility index (Phi) is 8.33. The Morgan fingerprint density at radius 3 is 2.28 bits per heavy atom. The van der Waals surface area contributed by atoms with Crippen molar-refractivity contribution >= 4 is 11.8 Å². The Morgan fingerprint density at radius 2 is 1.58 bits per heavy atom. The van der Waals surface area contributed by atoms with Crippen LogP contribution in [0.4, 0.5) is 4.39 Å². The third-order valence-electron chi connectivity index (χ3n) is 7.17. The highest BCUT2D eigenvalue weighted by Crippen LogP contribution is 2.37. The van der Waals surface area contributed by atoms with Crippen molar-refractivity contribution in [1.82, 2.24) is 9.80 Å². The molecule has 2 saturated heterocycles. The minimum atomic E-state index is -0.534. The van der Waals surface area contributed by atoms with Gasteiger partial charge in [0.05, 0.1) is 20.8 Å². The fourth-order valence-corrected chi connectivity index (χ4v) is 5.19. The van der Waals surface area contributed by atoms with E-state index in [1.807, 2.05) is 9.80 Å². The Bertz CT molecular complexity index is 1050. The van der Waals surface area contributed by atoms with E-state index in [1.165, 1.54) is 19.2 Å². The van der Waals surface area contributed by atoms with Gasteiger partial charge in [0, 0.05) is 43.6 Å². The summed E-state index contributed by atoms with van der Waals surface area (Å²) in [4.78, 5) is 30.6. The molecule has 7 nitrogen and oxygen atoms in total. The van der Waals surface area contributed by atoms with Crippen molar-refractivity contribution in [2.45, 2.75) is 38.5 Å². The van der Waals surface area contributed by atoms with Crippen molar-refractivity contribution in [1.29, 1.82) is 0 Å². The molecule has 4 rings (SSSR count). The summed E-state index contributed by atoms with van der Waals surface area (Å²) >= 11 is 0. The quantitative estimate of drug-likeness (QED) is 0.534. The van der Waals surface area contributed by atoms with Crippen LogP contribution in [-0.4, -0.2) is 68.6 Å². The van der Waals surface area contributed by atoms with Crippen LogP contribution in [0, 0.1) is 11.2 Å². The summed E-state index contributed by atoms with van der Waals surface area (Å²) in [5, 5.41) is 0. The lowest BCUT2D eigenvalue weighted by atomic mass is 9.77. The van der Waals surface area contributed by atoms with Crippen molar-refractivity contribution in [3.63, 3.8) is 0 Å². The highest BCUT2D eigenvalue weighted by Gasteiger charge is 2.41. The van der Waals surface area contributed by atoms with Crippen LogP contribution < -0.4 is 14.2 Å². The van der Waals surface area contributed by atoms with Gasteiger partial charge in [0.1, 0.15) is 11.6 Å². The molecule has 0 aliphatic carbocycles. The molecule has 0 radical (unpaired) electrons. The van der Waals surface area contributed by atoms with Gasteiger partial charge in [-0.05, 0) is 74.6 Å². The van der Waals surface area contributed by atoms with Gasteiger partial charge in [-0.2, -0.15) is 0 Å². The monoisotopic (exact) mass is 498 g/mol. The number of likely N-dealkylation sites (tertiary alicyclic amines) is 2. The largest absolute Gasteiger partial charge is 0.493 e. The zero-order chi connectivity index (χ0) is 25.5. The number of nitrogens with zero attached hydrogens (tertiary/aromatic N) is 2. The fourth-order valence-electron chi connectivity index (χ4n) is 5.19. The molecule has 2 aromatic carbocycles. The first kappa shape index (κ1) is 25.8. The first-order chi connectivity index (χ1) is 17.4. The molecule has 2 aliphatic heterocycles. The van der Waals surface area contributed by atoms with Gasteiger partial charge in [-0.3, -0.25) is 9.59 Å². The van der Waals surface area contributed by atoms with Crippen molar-refractivity contribution in [3.8, 4) is 17.2 Å². The summed E-state index contributed by atoms with van der Waals surface area (Å²) in [5.74, 6) is 1.25. The average Bonchev–Trinajstić information content (AvgIpc) is 2.92. The molecule has 8 heteroatoms. The molecule has 2 aromatic rings. The van der Waals surface area contributed by atoms with Gasteiger partial charge < -0.3 is 24.0 Å². The maximum absolute atomic E-state index is 13.5. The van der Waals surface area contributed by atoms with E-state index < -0.39 is 5.41 Å². The molecule has 0 N–H and O–H groups in total. The third-order valence-corrected chi connectivity index (χ3v) is 7.17. The van der Waals surface area contributed by atoms with Crippen molar-refractivity contribution in [2.75, 3.05) is 47.0 Å². The summed E-state index contributed by atoms with van der Waals surface area (Å²) in [6.07, 6.45) is 5.03. The van der Waals surface area contributed by atoms with Gasteiger partial charge in [0.2, 0.25) is 5.91 Å². The Labute approximate surface area is 212 Å². The number of carbonyl (C=O) groups excluding carboxylic acids is 2. The predicted molar refractivity (Wildman–Crippen MR) is 134 cm³/mol. The van der Waals surface area contributed by atoms with E-state index in [4.69, 9.17) is 14.2 Å². The molecular formula is C28H35FN2O5. The number of hydrogen-bond donors (Lipinski definition) is 0. The summed E-state index contributed by atoms with van der Waals surface area (Å²) in [6.45, 7) is 2.84. The molecule has 1 atom stereocenters. The summed E-state index contributed by atoms with van der Waals surface area (Å²) in [7, 11) is 3.09. The maximum atomic E-state index is 13.5. The maximum Gasteiger partial charge on any atom is 0.254 e. The van der Waals surface area contributed by atoms with E-state index >= 15 is 0 Å². The van der Waals surface area contributed by atoms with E-state index in [1.54, 1.807) is 37.4 Å². The minimum Gasteiger partial charge on any atom is -0.493 e. The van der Waals surface area contributed by atoms with E-state index in [9.17, 15) is 14.0 Å². The van der Waals surface area contributed by atoms with Crippen molar-refractivity contribution in [3.05, 3.63) is 53.8 Å². The molecule has 2 fully saturated rings. The second-order valence-electron chi connectivity index (χ2n) is 9.76. The number of hydrogen-bond acceptors (Lipinski definition) is 5. The molecule has 36 heavy (non-hydrogen) atoms. The van der Waals surface area contributed by atoms with E-state index in [-0.39, 0.29) is 24.2 Å². The molecule has 0 aromatic heterocycles. The zero-order valence-electron chi connectivity index (χ0n) is 21.1. The van der Waals surface area contributed by atoms with Gasteiger partial charge in [-0.1, -0.05) is 0 Å². The third kappa shape index (κ3) is 6.09. The molecule has 2 heterocycles. The van der Waals surface area contributed by atoms with Crippen LogP contribution in [0.3, 0.4) is 0 Å². The Hall–Kier alpha value is -3.29. The average molecular weight is 499 g/mol. The standard InChI is InChI=1S/C28H35FN2O5/c1-34-24-12-7-21(17-25(24)35-2)27(33)31-16-6-13-28(19-31,18-26(32)30-14-4-3-5-15-30)20-36-23-10-8-22(29)9-11-23/h7-12,17H,3-6,13-16,18-20H2,1-2H3/t28-/m1/s1. The lowest BCUT2D eigenvalue weighted by Crippen LogP contribution is -2.51. The van der Waals surface area contributed by atoms with E-state index in [0.29, 0.717) is 42.3 Å². The highest BCUT2D eigenvalue weighted by atomic mass is 19.1. The lowest BCUT2D eigenvalue weighted by Gasteiger charge is -2.43. The number of piperidine rings is 2. The van der Waals surface area contributed by atoms with E-state index in [0.717, 1.165) is 45.2 Å². The summed E-state index contributed by atoms with van der Waals surface area (Å²) < 4.78 is 30.1. The van der Waals surface area contributed by atoms with Crippen LogP contribution in [0.1, 0.15) is 48.9 Å². The lowest BCUT2D eigenvalue weighted by molar-refractivity contribution is -0.136. The van der Waals surface area contributed by atoms with Crippen LogP contribution in [0.2, 0.25) is 0 Å². The molecule has 0 saturated carbocycles. The number of methoxy groups -OCH3 is 2. The SMILES string of the molecule is COc1ccc(C(=O)N2CCC[C@@](COc3ccc(F)cc3)(CC(=O)N3CCCCC3)C2)cc1OC. The molecule has 2 amide bonds. The summed E-state index contributed by atoms with van der Waals surface area (Å²) in [6, 6.07) is 11.0. The number of rotatable bonds is 8. The van der Waals surface area contributed by atoms with Crippen LogP contribution in [0.25, 0.3) is 0 Å². The minimum absolute atomic E-state index is 0.109. The van der Waals surface area contributed by atoms with Crippen molar-refractivity contribution < 1.29 is 28.2 Å². The van der Waals surface area contributed by atoms with E-state index in [2.05, 4.69) is 0 Å². The Morgan fingerprint density at radius 1 is 0.889 bits per heavy atom. The first-order valence-corrected chi connectivity index (χ1v) is 12.6. The molecule has 194 valence electrons. The number of halogens is 1. The van der Waals surface area contributed by atoms with Crippen LogP contribution >= 0.6 is 0 Å². The van der Waals surface area contributed by atoms with Crippen molar-refractivity contribution in [2.24, 2.45) is 5.41 Å². The van der Waals surface area contributed by atoms with Crippen LogP contribution in [0.15, 0.2) is 42.5 Å². The number of amides is 2. The van der Waals surface area contributed by atoms with Gasteiger partial charge in [0.15, 0.2) is 11.5 Å². The van der Waals surface area contributed by atoms with Gasteiger partial charge in [-0.15, -0.1) is 0 Å². The molecule has 0 unspecified atom stereocenters. The van der Waals surface area contributed by atoms with Gasteiger partial charge in [-0.25, -0.2) is 4.39 Å². The first-order valence-electron chi connectivity index (χ1n) is 12.6. The smallest absolute Gasteiger partial charge is 0.254 e. The molecule has 2 aliphatic rings. The predicted octanol–water partition coefficient (Wildman–Crippen LogP) is 4.55. The van der Waals surface area contributed by atoms with Crippen LogP contribution in [-0.2, 0) is 4.79 Å². The van der Waals surface area contributed by atoms with Gasteiger partial charge >= 0.3 is 0 Å². The molecular weight excluding hydrogens is 463 g/mol. The second-order valence-corrected chi connectivity index (χ2v) is 9.76. The Balaban J connectivity index is 1.54. The second kappa shape index (κ2) is 11.6. The topological polar surface area (TPSA) is 68.3 Å². The number of carbonyl (C=O) groups is 2. The number of benzene rings is 2. The molecule has 0 bridgehead atoms. The normalized spacial score (nSPS) is 20.1. The number of ether oxygens (including phenoxy) is 3.